The average molecular weight is 243 g/mol. The molecule has 5 nitrogen and oxygen atoms in total. The Morgan fingerprint density at radius 2 is 1.89 bits per heavy atom. The highest BCUT2D eigenvalue weighted by Gasteiger charge is 2.21. The van der Waals surface area contributed by atoms with E-state index in [0.29, 0.717) is 5.92 Å². The number of aryl methyl sites for hydroxylation is 1. The molecule has 5 heteroatoms. The van der Waals surface area contributed by atoms with E-state index in [0.717, 1.165) is 37.4 Å². The molecule has 0 amide bonds. The number of rotatable bonds is 2. The number of tetrazole rings is 1. The highest BCUT2D eigenvalue weighted by molar-refractivity contribution is 5.34. The van der Waals surface area contributed by atoms with Crippen molar-refractivity contribution in [2.24, 2.45) is 0 Å². The number of piperidine rings is 1. The van der Waals surface area contributed by atoms with E-state index in [1.54, 1.807) is 0 Å². The average Bonchev–Trinajstić information content (AvgIpc) is 2.90. The Balaban J connectivity index is 1.93. The number of aromatic nitrogens is 4. The van der Waals surface area contributed by atoms with E-state index in [4.69, 9.17) is 0 Å². The zero-order valence-electron chi connectivity index (χ0n) is 10.5. The second-order valence-corrected chi connectivity index (χ2v) is 4.81. The van der Waals surface area contributed by atoms with Crippen LogP contribution in [0.15, 0.2) is 24.3 Å². The molecular formula is C13H17N5. The van der Waals surface area contributed by atoms with Crippen LogP contribution in [-0.2, 0) is 0 Å². The third-order valence-corrected chi connectivity index (χ3v) is 3.48. The maximum atomic E-state index is 4.21. The van der Waals surface area contributed by atoms with Gasteiger partial charge in [-0.3, -0.25) is 0 Å². The van der Waals surface area contributed by atoms with Crippen LogP contribution >= 0.6 is 0 Å². The van der Waals surface area contributed by atoms with Crippen LogP contribution in [0.25, 0.3) is 5.69 Å². The lowest BCUT2D eigenvalue weighted by atomic mass is 9.97. The summed E-state index contributed by atoms with van der Waals surface area (Å²) in [5.74, 6) is 1.45. The van der Waals surface area contributed by atoms with Crippen LogP contribution in [0.1, 0.15) is 30.1 Å². The lowest BCUT2D eigenvalue weighted by Gasteiger charge is -2.21. The minimum atomic E-state index is 0.461. The summed E-state index contributed by atoms with van der Waals surface area (Å²) in [4.78, 5) is 0. The lowest BCUT2D eigenvalue weighted by molar-refractivity contribution is 0.438. The summed E-state index contributed by atoms with van der Waals surface area (Å²) >= 11 is 0. The van der Waals surface area contributed by atoms with E-state index >= 15 is 0 Å². The fraction of sp³-hybridized carbons (Fsp3) is 0.462. The molecule has 1 fully saturated rings. The van der Waals surface area contributed by atoms with Crippen molar-refractivity contribution in [3.63, 3.8) is 0 Å². The summed E-state index contributed by atoms with van der Waals surface area (Å²) in [7, 11) is 0. The molecule has 0 saturated carbocycles. The van der Waals surface area contributed by atoms with E-state index in [1.165, 1.54) is 5.56 Å². The Morgan fingerprint density at radius 1 is 1.17 bits per heavy atom. The molecule has 0 bridgehead atoms. The molecule has 2 heterocycles. The van der Waals surface area contributed by atoms with Crippen LogP contribution in [0.3, 0.4) is 0 Å². The Hall–Kier alpha value is -1.75. The molecule has 0 aliphatic carbocycles. The molecule has 0 radical (unpaired) electrons. The van der Waals surface area contributed by atoms with Gasteiger partial charge in [0.05, 0.1) is 5.69 Å². The van der Waals surface area contributed by atoms with Crippen LogP contribution in [0.4, 0.5) is 0 Å². The predicted molar refractivity (Wildman–Crippen MR) is 68.7 cm³/mol. The van der Waals surface area contributed by atoms with Gasteiger partial charge in [-0.15, -0.1) is 5.10 Å². The van der Waals surface area contributed by atoms with Crippen molar-refractivity contribution in [1.29, 1.82) is 0 Å². The fourth-order valence-electron chi connectivity index (χ4n) is 2.40. The monoisotopic (exact) mass is 243 g/mol. The van der Waals surface area contributed by atoms with Gasteiger partial charge in [0.1, 0.15) is 0 Å². The summed E-state index contributed by atoms with van der Waals surface area (Å²) in [5.41, 5.74) is 2.29. The number of nitrogens with one attached hydrogen (secondary N) is 1. The van der Waals surface area contributed by atoms with Crippen molar-refractivity contribution in [2.75, 3.05) is 13.1 Å². The van der Waals surface area contributed by atoms with E-state index in [1.807, 2.05) is 4.68 Å². The molecule has 94 valence electrons. The Labute approximate surface area is 106 Å². The molecular weight excluding hydrogens is 226 g/mol. The third-order valence-electron chi connectivity index (χ3n) is 3.48. The van der Waals surface area contributed by atoms with Crippen LogP contribution in [-0.4, -0.2) is 33.3 Å². The van der Waals surface area contributed by atoms with Crippen molar-refractivity contribution in [2.45, 2.75) is 25.7 Å². The second-order valence-electron chi connectivity index (χ2n) is 4.81. The van der Waals surface area contributed by atoms with Crippen LogP contribution in [0.2, 0.25) is 0 Å². The van der Waals surface area contributed by atoms with Gasteiger partial charge in [0.15, 0.2) is 5.82 Å². The van der Waals surface area contributed by atoms with E-state index in [-0.39, 0.29) is 0 Å². The van der Waals surface area contributed by atoms with Gasteiger partial charge < -0.3 is 5.32 Å². The summed E-state index contributed by atoms with van der Waals surface area (Å²) in [6.45, 7) is 4.17. The highest BCUT2D eigenvalue weighted by Crippen LogP contribution is 2.24. The number of nitrogens with zero attached hydrogens (tertiary/aromatic N) is 4. The minimum absolute atomic E-state index is 0.461. The van der Waals surface area contributed by atoms with Gasteiger partial charge >= 0.3 is 0 Å². The smallest absolute Gasteiger partial charge is 0.159 e. The first-order chi connectivity index (χ1) is 8.84. The SMILES string of the molecule is Cc1ccc(-n2nnnc2C2CCNCC2)cc1. The first-order valence-electron chi connectivity index (χ1n) is 6.40. The molecule has 1 aromatic carbocycles. The summed E-state index contributed by atoms with van der Waals surface area (Å²) < 4.78 is 1.87. The molecule has 1 aliphatic heterocycles. The molecule has 3 rings (SSSR count). The predicted octanol–water partition coefficient (Wildman–Crippen LogP) is 1.44. The molecule has 0 atom stereocenters. The quantitative estimate of drug-likeness (QED) is 0.867. The molecule has 18 heavy (non-hydrogen) atoms. The van der Waals surface area contributed by atoms with Crippen molar-refractivity contribution in [1.82, 2.24) is 25.5 Å². The highest BCUT2D eigenvalue weighted by atomic mass is 15.5. The summed E-state index contributed by atoms with van der Waals surface area (Å²) in [6.07, 6.45) is 2.21. The van der Waals surface area contributed by atoms with E-state index in [9.17, 15) is 0 Å². The Morgan fingerprint density at radius 3 is 2.61 bits per heavy atom. The van der Waals surface area contributed by atoms with Crippen molar-refractivity contribution < 1.29 is 0 Å². The molecule has 1 N–H and O–H groups in total. The van der Waals surface area contributed by atoms with Gasteiger partial charge in [-0.05, 0) is 55.4 Å². The van der Waals surface area contributed by atoms with Crippen molar-refractivity contribution in [3.05, 3.63) is 35.7 Å². The van der Waals surface area contributed by atoms with Gasteiger partial charge in [0, 0.05) is 5.92 Å². The fourth-order valence-corrected chi connectivity index (χ4v) is 2.40. The van der Waals surface area contributed by atoms with E-state index < -0.39 is 0 Å². The maximum absolute atomic E-state index is 4.21. The molecule has 0 unspecified atom stereocenters. The molecule has 1 saturated heterocycles. The summed E-state index contributed by atoms with van der Waals surface area (Å²) in [5, 5.41) is 15.5. The van der Waals surface area contributed by atoms with Crippen molar-refractivity contribution >= 4 is 0 Å². The zero-order valence-corrected chi connectivity index (χ0v) is 10.5. The second kappa shape index (κ2) is 4.86. The molecule has 2 aromatic rings. The maximum Gasteiger partial charge on any atom is 0.159 e. The Bertz CT molecular complexity index is 510. The molecule has 1 aliphatic rings. The van der Waals surface area contributed by atoms with Crippen LogP contribution in [0, 0.1) is 6.92 Å². The van der Waals surface area contributed by atoms with Gasteiger partial charge in [0.25, 0.3) is 0 Å². The van der Waals surface area contributed by atoms with Crippen LogP contribution < -0.4 is 5.32 Å². The van der Waals surface area contributed by atoms with E-state index in [2.05, 4.69) is 52.0 Å². The van der Waals surface area contributed by atoms with Gasteiger partial charge in [-0.25, -0.2) is 0 Å². The minimum Gasteiger partial charge on any atom is -0.317 e. The van der Waals surface area contributed by atoms with Crippen LogP contribution in [0.5, 0.6) is 0 Å². The zero-order chi connectivity index (χ0) is 12.4. The molecule has 0 spiro atoms. The van der Waals surface area contributed by atoms with Gasteiger partial charge in [0.2, 0.25) is 0 Å². The lowest BCUT2D eigenvalue weighted by Crippen LogP contribution is -2.28. The number of hydrogen-bond donors (Lipinski definition) is 1. The number of benzene rings is 1. The van der Waals surface area contributed by atoms with Gasteiger partial charge in [-0.1, -0.05) is 17.7 Å². The molecule has 1 aromatic heterocycles. The third kappa shape index (κ3) is 2.13. The van der Waals surface area contributed by atoms with Gasteiger partial charge in [-0.2, -0.15) is 4.68 Å². The first kappa shape index (κ1) is 11.3. The van der Waals surface area contributed by atoms with Crippen molar-refractivity contribution in [3.8, 4) is 5.69 Å². The Kier molecular flexibility index (Phi) is 3.06. The first-order valence-corrected chi connectivity index (χ1v) is 6.40. The number of hydrogen-bond acceptors (Lipinski definition) is 4. The summed E-state index contributed by atoms with van der Waals surface area (Å²) in [6, 6.07) is 8.30. The standard InChI is InChI=1S/C13H17N5/c1-10-2-4-12(5-3-10)18-13(15-16-17-18)11-6-8-14-9-7-11/h2-5,11,14H,6-9H2,1H3. The topological polar surface area (TPSA) is 55.6 Å². The largest absolute Gasteiger partial charge is 0.317 e. The normalized spacial score (nSPS) is 16.9.